The van der Waals surface area contributed by atoms with Crippen LogP contribution in [0.4, 0.5) is 0 Å². The molecule has 1 aliphatic heterocycles. The maximum absolute atomic E-state index is 12.6. The minimum atomic E-state index is -0.218. The van der Waals surface area contributed by atoms with Gasteiger partial charge < -0.3 is 24.5 Å². The number of amides is 1. The Morgan fingerprint density at radius 2 is 1.94 bits per heavy atom. The van der Waals surface area contributed by atoms with Gasteiger partial charge >= 0.3 is 0 Å². The highest BCUT2D eigenvalue weighted by Crippen LogP contribution is 2.25. The molecule has 0 saturated carbocycles. The van der Waals surface area contributed by atoms with Gasteiger partial charge in [0.05, 0.1) is 26.3 Å². The Morgan fingerprint density at radius 1 is 1.09 bits per heavy atom. The summed E-state index contributed by atoms with van der Waals surface area (Å²) in [6.07, 6.45) is 0.740. The number of phenolic OH excluding ortho intramolecular Hbond substituents is 1. The molecule has 0 bridgehead atoms. The molecule has 4 rings (SSSR count). The fourth-order valence-electron chi connectivity index (χ4n) is 3.85. The number of nitrogens with one attached hydrogen (secondary N) is 1. The first-order chi connectivity index (χ1) is 15.6. The van der Waals surface area contributed by atoms with Crippen LogP contribution in [-0.4, -0.2) is 58.0 Å². The Kier molecular flexibility index (Phi) is 6.55. The number of hydrogen-bond acceptors (Lipinski definition) is 7. The molecule has 2 aromatic carbocycles. The van der Waals surface area contributed by atoms with Gasteiger partial charge in [-0.1, -0.05) is 18.2 Å². The second kappa shape index (κ2) is 9.69. The van der Waals surface area contributed by atoms with Crippen molar-refractivity contribution in [2.45, 2.75) is 26.1 Å². The number of rotatable bonds is 7. The maximum atomic E-state index is 12.6. The molecular weight excluding hydrogens is 410 g/mol. The Balaban J connectivity index is 1.38. The Hall–Kier alpha value is -3.59. The van der Waals surface area contributed by atoms with Gasteiger partial charge in [0.25, 0.3) is 5.91 Å². The number of methoxy groups -OCH3 is 2. The topological polar surface area (TPSA) is 102 Å². The quantitative estimate of drug-likeness (QED) is 0.583. The van der Waals surface area contributed by atoms with E-state index in [0.29, 0.717) is 30.2 Å². The third kappa shape index (κ3) is 4.67. The molecule has 0 fully saturated rings. The van der Waals surface area contributed by atoms with Crippen molar-refractivity contribution >= 4 is 5.91 Å². The van der Waals surface area contributed by atoms with Crippen molar-refractivity contribution in [1.29, 1.82) is 0 Å². The van der Waals surface area contributed by atoms with Gasteiger partial charge in [-0.15, -0.1) is 10.2 Å². The average Bonchev–Trinajstić information content (AvgIpc) is 3.10. The largest absolute Gasteiger partial charge is 0.507 e. The normalized spacial score (nSPS) is 13.8. The summed E-state index contributed by atoms with van der Waals surface area (Å²) in [6.45, 7) is 3.21. The van der Waals surface area contributed by atoms with Gasteiger partial charge in [0.2, 0.25) is 0 Å². The van der Waals surface area contributed by atoms with Crippen molar-refractivity contribution in [3.63, 3.8) is 0 Å². The van der Waals surface area contributed by atoms with E-state index in [9.17, 15) is 9.90 Å². The van der Waals surface area contributed by atoms with E-state index in [0.717, 1.165) is 36.7 Å². The lowest BCUT2D eigenvalue weighted by molar-refractivity contribution is 0.0946. The predicted octanol–water partition coefficient (Wildman–Crippen LogP) is 1.99. The van der Waals surface area contributed by atoms with Crippen molar-refractivity contribution in [1.82, 2.24) is 25.0 Å². The number of hydrogen-bond donors (Lipinski definition) is 2. The number of carbonyl (C=O) groups excluding carboxylic acids is 1. The number of carbonyl (C=O) groups is 1. The third-order valence-corrected chi connectivity index (χ3v) is 5.64. The van der Waals surface area contributed by atoms with Crippen molar-refractivity contribution < 1.29 is 19.4 Å². The minimum Gasteiger partial charge on any atom is -0.507 e. The highest BCUT2D eigenvalue weighted by Gasteiger charge is 2.20. The van der Waals surface area contributed by atoms with Crippen LogP contribution in [0.1, 0.15) is 27.6 Å². The zero-order chi connectivity index (χ0) is 22.5. The zero-order valence-corrected chi connectivity index (χ0v) is 18.2. The average molecular weight is 438 g/mol. The molecule has 0 radical (unpaired) electrons. The molecule has 2 N–H and O–H groups in total. The van der Waals surface area contributed by atoms with Crippen molar-refractivity contribution in [3.05, 3.63) is 65.2 Å². The number of nitrogens with zero attached hydrogens (tertiary/aromatic N) is 4. The molecular formula is C23H27N5O4. The van der Waals surface area contributed by atoms with Gasteiger partial charge in [-0.3, -0.25) is 9.69 Å². The molecule has 0 aliphatic carbocycles. The summed E-state index contributed by atoms with van der Waals surface area (Å²) >= 11 is 0. The van der Waals surface area contributed by atoms with Gasteiger partial charge in [-0.25, -0.2) is 0 Å². The van der Waals surface area contributed by atoms with E-state index >= 15 is 0 Å². The molecule has 0 spiro atoms. The maximum Gasteiger partial charge on any atom is 0.255 e. The third-order valence-electron chi connectivity index (χ3n) is 5.64. The van der Waals surface area contributed by atoms with E-state index in [1.807, 2.05) is 18.2 Å². The first-order valence-corrected chi connectivity index (χ1v) is 10.5. The van der Waals surface area contributed by atoms with E-state index in [-0.39, 0.29) is 18.2 Å². The number of fused-ring (bicyclic) bond motifs is 1. The molecule has 32 heavy (non-hydrogen) atoms. The van der Waals surface area contributed by atoms with Crippen molar-refractivity contribution in [2.24, 2.45) is 0 Å². The Bertz CT molecular complexity index is 1100. The molecule has 1 aliphatic rings. The summed E-state index contributed by atoms with van der Waals surface area (Å²) in [4.78, 5) is 14.9. The molecule has 9 heteroatoms. The summed E-state index contributed by atoms with van der Waals surface area (Å²) in [5.41, 5.74) is 1.34. The molecule has 1 amide bonds. The van der Waals surface area contributed by atoms with Gasteiger partial charge in [0, 0.05) is 44.2 Å². The number of para-hydroxylation sites is 1. The predicted molar refractivity (Wildman–Crippen MR) is 118 cm³/mol. The number of benzene rings is 2. The molecule has 3 aromatic rings. The van der Waals surface area contributed by atoms with Crippen LogP contribution in [0.5, 0.6) is 17.2 Å². The molecule has 1 aromatic heterocycles. The molecule has 9 nitrogen and oxygen atoms in total. The van der Waals surface area contributed by atoms with Crippen LogP contribution in [0.2, 0.25) is 0 Å². The van der Waals surface area contributed by atoms with Crippen molar-refractivity contribution in [2.75, 3.05) is 27.3 Å². The second-order valence-electron chi connectivity index (χ2n) is 7.59. The Morgan fingerprint density at radius 3 is 2.72 bits per heavy atom. The van der Waals surface area contributed by atoms with Crippen LogP contribution < -0.4 is 14.8 Å². The summed E-state index contributed by atoms with van der Waals surface area (Å²) in [6, 6.07) is 12.5. The first kappa shape index (κ1) is 21.6. The molecule has 0 atom stereocenters. The van der Waals surface area contributed by atoms with Crippen LogP contribution >= 0.6 is 0 Å². The first-order valence-electron chi connectivity index (χ1n) is 10.5. The van der Waals surface area contributed by atoms with E-state index in [2.05, 4.69) is 25.0 Å². The summed E-state index contributed by atoms with van der Waals surface area (Å²) in [5, 5.41) is 21.8. The fourth-order valence-corrected chi connectivity index (χ4v) is 3.85. The highest BCUT2D eigenvalue weighted by molar-refractivity contribution is 5.96. The minimum absolute atomic E-state index is 0.218. The molecule has 168 valence electrons. The lowest BCUT2D eigenvalue weighted by atomic mass is 10.1. The van der Waals surface area contributed by atoms with E-state index in [4.69, 9.17) is 9.47 Å². The smallest absolute Gasteiger partial charge is 0.255 e. The van der Waals surface area contributed by atoms with Crippen LogP contribution in [0.3, 0.4) is 0 Å². The molecule has 0 saturated heterocycles. The van der Waals surface area contributed by atoms with Gasteiger partial charge in [-0.2, -0.15) is 0 Å². The Labute approximate surface area is 186 Å². The van der Waals surface area contributed by atoms with Crippen LogP contribution in [0, 0.1) is 0 Å². The van der Waals surface area contributed by atoms with Crippen LogP contribution in [0.15, 0.2) is 42.5 Å². The number of aromatic nitrogens is 3. The summed E-state index contributed by atoms with van der Waals surface area (Å²) in [5.74, 6) is 2.79. The number of phenols is 1. The fraction of sp³-hybridized carbons (Fsp3) is 0.348. The second-order valence-corrected chi connectivity index (χ2v) is 7.59. The highest BCUT2D eigenvalue weighted by atomic mass is 16.5. The SMILES string of the molecule is COc1ccc(CN2CCc3nnc(CNC(=O)c4ccccc4OC)n3CC2)c(O)c1. The van der Waals surface area contributed by atoms with E-state index in [1.165, 1.54) is 0 Å². The van der Waals surface area contributed by atoms with Gasteiger partial charge in [0.15, 0.2) is 5.82 Å². The lowest BCUT2D eigenvalue weighted by Gasteiger charge is -2.20. The van der Waals surface area contributed by atoms with E-state index in [1.54, 1.807) is 38.5 Å². The van der Waals surface area contributed by atoms with Gasteiger partial charge in [0.1, 0.15) is 23.1 Å². The molecule has 0 unspecified atom stereocenters. The number of ether oxygens (including phenoxy) is 2. The lowest BCUT2D eigenvalue weighted by Crippen LogP contribution is -2.28. The standard InChI is InChI=1S/C23H27N5O4/c1-31-17-8-7-16(19(29)13-17)15-27-10-9-21-25-26-22(28(21)12-11-27)14-24-23(30)18-5-3-4-6-20(18)32-2/h3-8,13,29H,9-12,14-15H2,1-2H3,(H,24,30). The zero-order valence-electron chi connectivity index (χ0n) is 18.2. The monoisotopic (exact) mass is 437 g/mol. The van der Waals surface area contributed by atoms with Crippen molar-refractivity contribution in [3.8, 4) is 17.2 Å². The van der Waals surface area contributed by atoms with Gasteiger partial charge in [-0.05, 0) is 18.2 Å². The summed E-state index contributed by atoms with van der Waals surface area (Å²) in [7, 11) is 3.12. The van der Waals surface area contributed by atoms with Crippen LogP contribution in [-0.2, 0) is 26.1 Å². The molecule has 2 heterocycles. The van der Waals surface area contributed by atoms with Crippen LogP contribution in [0.25, 0.3) is 0 Å². The summed E-state index contributed by atoms with van der Waals surface area (Å²) < 4.78 is 12.5. The van der Waals surface area contributed by atoms with E-state index < -0.39 is 0 Å². The number of aromatic hydroxyl groups is 1.